The lowest BCUT2D eigenvalue weighted by molar-refractivity contribution is 0.318. The number of hydrogen-bond donors (Lipinski definition) is 0. The molecule has 1 aromatic heterocycles. The fraction of sp³-hybridized carbons (Fsp3) is 0.316. The Bertz CT molecular complexity index is 996. The van der Waals surface area contributed by atoms with Crippen LogP contribution in [0.5, 0.6) is 5.75 Å². The monoisotopic (exact) mass is 391 g/mol. The van der Waals surface area contributed by atoms with Crippen LogP contribution < -0.4 is 4.74 Å². The third kappa shape index (κ3) is 4.59. The summed E-state index contributed by atoms with van der Waals surface area (Å²) < 4.78 is 35.3. The lowest BCUT2D eigenvalue weighted by Crippen LogP contribution is -2.03. The van der Waals surface area contributed by atoms with E-state index >= 15 is 0 Å². The van der Waals surface area contributed by atoms with Crippen molar-refractivity contribution in [2.24, 2.45) is 0 Å². The molecule has 3 aromatic rings. The summed E-state index contributed by atoms with van der Waals surface area (Å²) in [4.78, 5) is 4.66. The van der Waals surface area contributed by atoms with Gasteiger partial charge in [0.05, 0.1) is 17.3 Å². The summed E-state index contributed by atoms with van der Waals surface area (Å²) in [7, 11) is -3.24. The predicted molar refractivity (Wildman–Crippen MR) is 104 cm³/mol. The second kappa shape index (κ2) is 8.14. The van der Waals surface area contributed by atoms with Gasteiger partial charge in [0, 0.05) is 5.75 Å². The van der Waals surface area contributed by atoms with Crippen LogP contribution in [-0.2, 0) is 9.84 Å². The van der Waals surface area contributed by atoms with Crippen LogP contribution >= 0.6 is 11.8 Å². The predicted octanol–water partition coefficient (Wildman–Crippen LogP) is 4.49. The molecule has 0 aliphatic heterocycles. The summed E-state index contributed by atoms with van der Waals surface area (Å²) in [5.41, 5.74) is 2.34. The first-order valence-electron chi connectivity index (χ1n) is 8.43. The minimum absolute atomic E-state index is 0.0684. The molecule has 0 amide bonds. The number of aromatic nitrogens is 1. The molecule has 5 nitrogen and oxygen atoms in total. The number of oxazole rings is 1. The number of thioether (sulfide) groups is 1. The molecule has 1 heterocycles. The van der Waals surface area contributed by atoms with E-state index in [1.165, 1.54) is 17.3 Å². The summed E-state index contributed by atoms with van der Waals surface area (Å²) >= 11 is 1.50. The highest BCUT2D eigenvalue weighted by Gasteiger charge is 2.14. The lowest BCUT2D eigenvalue weighted by Gasteiger charge is -2.05. The SMILES string of the molecule is CCS(=O)(=O)c1ccc2oc(SCCCOc3cccc(C)c3)nc2c1. The standard InChI is InChI=1S/C19H21NO4S2/c1-3-26(21,22)16-8-9-18-17(13-16)20-19(24-18)25-11-5-10-23-15-7-4-6-14(2)12-15/h4,6-9,12-13H,3,5,10-11H2,1-2H3. The minimum atomic E-state index is -3.24. The highest BCUT2D eigenvalue weighted by molar-refractivity contribution is 7.99. The molecule has 0 fully saturated rings. The molecule has 0 aliphatic rings. The molecule has 3 rings (SSSR count). The van der Waals surface area contributed by atoms with Crippen LogP contribution in [0, 0.1) is 6.92 Å². The first-order valence-corrected chi connectivity index (χ1v) is 11.1. The van der Waals surface area contributed by atoms with E-state index in [-0.39, 0.29) is 10.6 Å². The van der Waals surface area contributed by atoms with Crippen molar-refractivity contribution in [3.8, 4) is 5.75 Å². The van der Waals surface area contributed by atoms with Crippen molar-refractivity contribution in [2.75, 3.05) is 18.1 Å². The van der Waals surface area contributed by atoms with E-state index in [4.69, 9.17) is 9.15 Å². The number of fused-ring (bicyclic) bond motifs is 1. The molecule has 7 heteroatoms. The normalized spacial score (nSPS) is 11.8. The van der Waals surface area contributed by atoms with Gasteiger partial charge in [0.25, 0.3) is 5.22 Å². The maximum Gasteiger partial charge on any atom is 0.256 e. The Morgan fingerprint density at radius 1 is 1.19 bits per heavy atom. The highest BCUT2D eigenvalue weighted by atomic mass is 32.2. The fourth-order valence-corrected chi connectivity index (χ4v) is 4.07. The molecule has 0 N–H and O–H groups in total. The highest BCUT2D eigenvalue weighted by Crippen LogP contribution is 2.26. The van der Waals surface area contributed by atoms with Crippen molar-refractivity contribution in [1.82, 2.24) is 4.98 Å². The van der Waals surface area contributed by atoms with E-state index in [1.54, 1.807) is 25.1 Å². The average Bonchev–Trinajstić information content (AvgIpc) is 3.03. The van der Waals surface area contributed by atoms with E-state index in [9.17, 15) is 8.42 Å². The topological polar surface area (TPSA) is 69.4 Å². The Hall–Kier alpha value is -1.99. The molecular weight excluding hydrogens is 370 g/mol. The van der Waals surface area contributed by atoms with Gasteiger partial charge < -0.3 is 9.15 Å². The number of aryl methyl sites for hydroxylation is 1. The van der Waals surface area contributed by atoms with Crippen molar-refractivity contribution in [3.63, 3.8) is 0 Å². The average molecular weight is 392 g/mol. The molecule has 0 saturated heterocycles. The minimum Gasteiger partial charge on any atom is -0.494 e. The van der Waals surface area contributed by atoms with Gasteiger partial charge in [-0.25, -0.2) is 13.4 Å². The van der Waals surface area contributed by atoms with E-state index in [0.29, 0.717) is 22.9 Å². The van der Waals surface area contributed by atoms with Crippen molar-refractivity contribution in [1.29, 1.82) is 0 Å². The molecule has 0 saturated carbocycles. The van der Waals surface area contributed by atoms with Gasteiger partial charge in [0.2, 0.25) is 0 Å². The number of ether oxygens (including phenoxy) is 1. The molecule has 0 atom stereocenters. The third-order valence-electron chi connectivity index (χ3n) is 3.85. The first-order chi connectivity index (χ1) is 12.5. The van der Waals surface area contributed by atoms with Gasteiger partial charge in [0.15, 0.2) is 15.4 Å². The summed E-state index contributed by atoms with van der Waals surface area (Å²) in [6.07, 6.45) is 0.854. The van der Waals surface area contributed by atoms with Gasteiger partial charge in [-0.1, -0.05) is 30.8 Å². The van der Waals surface area contributed by atoms with E-state index in [1.807, 2.05) is 31.2 Å². The third-order valence-corrected chi connectivity index (χ3v) is 6.50. The van der Waals surface area contributed by atoms with Crippen LogP contribution in [0.3, 0.4) is 0 Å². The van der Waals surface area contributed by atoms with Crippen LogP contribution in [0.4, 0.5) is 0 Å². The van der Waals surface area contributed by atoms with E-state index in [0.717, 1.165) is 17.9 Å². The van der Waals surface area contributed by atoms with Crippen molar-refractivity contribution >= 4 is 32.7 Å². The number of hydrogen-bond acceptors (Lipinski definition) is 6. The molecule has 0 spiro atoms. The quantitative estimate of drug-likeness (QED) is 0.416. The van der Waals surface area contributed by atoms with Crippen LogP contribution in [0.2, 0.25) is 0 Å². The van der Waals surface area contributed by atoms with Crippen LogP contribution in [0.25, 0.3) is 11.1 Å². The zero-order chi connectivity index (χ0) is 18.6. The van der Waals surface area contributed by atoms with Crippen molar-refractivity contribution < 1.29 is 17.6 Å². The lowest BCUT2D eigenvalue weighted by atomic mass is 10.2. The Balaban J connectivity index is 1.54. The Morgan fingerprint density at radius 3 is 2.81 bits per heavy atom. The Kier molecular flexibility index (Phi) is 5.88. The van der Waals surface area contributed by atoms with Crippen LogP contribution in [-0.4, -0.2) is 31.5 Å². The van der Waals surface area contributed by atoms with Crippen molar-refractivity contribution in [2.45, 2.75) is 30.4 Å². The maximum atomic E-state index is 12.0. The maximum absolute atomic E-state index is 12.0. The van der Waals surface area contributed by atoms with Gasteiger partial charge in [-0.15, -0.1) is 0 Å². The zero-order valence-corrected chi connectivity index (χ0v) is 16.4. The Morgan fingerprint density at radius 2 is 2.04 bits per heavy atom. The van der Waals surface area contributed by atoms with Crippen molar-refractivity contribution in [3.05, 3.63) is 48.0 Å². The summed E-state index contributed by atoms with van der Waals surface area (Å²) in [6.45, 7) is 4.28. The van der Waals surface area contributed by atoms with Crippen LogP contribution in [0.15, 0.2) is 57.0 Å². The number of rotatable bonds is 8. The van der Waals surface area contributed by atoms with Gasteiger partial charge in [-0.05, 0) is 49.2 Å². The first kappa shape index (κ1) is 18.8. The van der Waals surface area contributed by atoms with Gasteiger partial charge in [-0.2, -0.15) is 0 Å². The van der Waals surface area contributed by atoms with Gasteiger partial charge in [0.1, 0.15) is 11.3 Å². The second-order valence-electron chi connectivity index (χ2n) is 5.88. The number of sulfone groups is 1. The summed E-state index contributed by atoms with van der Waals surface area (Å²) in [5.74, 6) is 1.75. The molecule has 138 valence electrons. The van der Waals surface area contributed by atoms with E-state index < -0.39 is 9.84 Å². The number of benzene rings is 2. The molecule has 0 aliphatic carbocycles. The molecular formula is C19H21NO4S2. The van der Waals surface area contributed by atoms with Gasteiger partial charge >= 0.3 is 0 Å². The fourth-order valence-electron chi connectivity index (χ4n) is 2.42. The van der Waals surface area contributed by atoms with Gasteiger partial charge in [-0.3, -0.25) is 0 Å². The zero-order valence-electron chi connectivity index (χ0n) is 14.8. The largest absolute Gasteiger partial charge is 0.494 e. The second-order valence-corrected chi connectivity index (χ2v) is 9.20. The molecule has 2 aromatic carbocycles. The van der Waals surface area contributed by atoms with E-state index in [2.05, 4.69) is 4.98 Å². The smallest absolute Gasteiger partial charge is 0.256 e. The molecule has 0 radical (unpaired) electrons. The van der Waals surface area contributed by atoms with Crippen LogP contribution in [0.1, 0.15) is 18.9 Å². The molecule has 26 heavy (non-hydrogen) atoms. The number of nitrogens with zero attached hydrogens (tertiary/aromatic N) is 1. The molecule has 0 unspecified atom stereocenters. The summed E-state index contributed by atoms with van der Waals surface area (Å²) in [6, 6.07) is 12.8. The Labute approximate surface area is 157 Å². The summed E-state index contributed by atoms with van der Waals surface area (Å²) in [5, 5.41) is 0.543. The molecule has 0 bridgehead atoms.